The van der Waals surface area contributed by atoms with Gasteiger partial charge in [-0.15, -0.1) is 0 Å². The average Bonchev–Trinajstić information content (AvgIpc) is 2.46. The Morgan fingerprint density at radius 3 is 2.43 bits per heavy atom. The lowest BCUT2D eigenvalue weighted by atomic mass is 9.86. The molecule has 23 heavy (non-hydrogen) atoms. The van der Waals surface area contributed by atoms with Crippen LogP contribution in [0, 0.1) is 0 Å². The fourth-order valence-electron chi connectivity index (χ4n) is 2.89. The highest BCUT2D eigenvalue weighted by Gasteiger charge is 2.37. The molecule has 0 aliphatic heterocycles. The molecule has 0 saturated carbocycles. The lowest BCUT2D eigenvalue weighted by Gasteiger charge is -2.40. The third-order valence-electron chi connectivity index (χ3n) is 4.03. The number of nitrogens with two attached hydrogens (primary N) is 1. The molecular weight excluding hydrogens is 292 g/mol. The minimum Gasteiger partial charge on any atom is -0.463 e. The number of carbonyl (C=O) groups is 1. The van der Waals surface area contributed by atoms with Gasteiger partial charge in [-0.05, 0) is 53.0 Å². The molecule has 1 aliphatic carbocycles. The van der Waals surface area contributed by atoms with E-state index in [1.165, 1.54) is 0 Å². The monoisotopic (exact) mass is 326 g/mol. The minimum atomic E-state index is -0.282. The van der Waals surface area contributed by atoms with Gasteiger partial charge in [0, 0.05) is 17.2 Å². The summed E-state index contributed by atoms with van der Waals surface area (Å²) in [5, 5.41) is 3.56. The largest absolute Gasteiger partial charge is 0.463 e. The van der Waals surface area contributed by atoms with Crippen LogP contribution in [0.3, 0.4) is 0 Å². The molecule has 0 aromatic carbocycles. The third kappa shape index (κ3) is 6.24. The van der Waals surface area contributed by atoms with Gasteiger partial charge >= 0.3 is 5.97 Å². The summed E-state index contributed by atoms with van der Waals surface area (Å²) < 4.78 is 11.4. The Balaban J connectivity index is 3.02. The lowest BCUT2D eigenvalue weighted by molar-refractivity contribution is -0.139. The molecule has 134 valence electrons. The van der Waals surface area contributed by atoms with Gasteiger partial charge in [0.25, 0.3) is 0 Å². The van der Waals surface area contributed by atoms with Gasteiger partial charge < -0.3 is 20.5 Å². The highest BCUT2D eigenvalue weighted by atomic mass is 16.5. The Morgan fingerprint density at radius 1 is 1.35 bits per heavy atom. The number of carbonyl (C=O) groups excluding carboxylic acids is 1. The maximum absolute atomic E-state index is 12.1. The zero-order valence-electron chi connectivity index (χ0n) is 15.5. The highest BCUT2D eigenvalue weighted by molar-refractivity contribution is 5.89. The van der Waals surface area contributed by atoms with Crippen LogP contribution in [0.5, 0.6) is 0 Å². The summed E-state index contributed by atoms with van der Waals surface area (Å²) in [5.41, 5.74) is 6.92. The van der Waals surface area contributed by atoms with E-state index >= 15 is 0 Å². The number of hydrogen-bond donors (Lipinski definition) is 2. The standard InChI is InChI=1S/C18H34N2O3/c1-7-13(8-2)23-15-11-12(17(21)22-9-3)10-14(19)16(15)20-18(4,5)6/h11,13-16,20H,7-10,19H2,1-6H3/t14-,15+,16+/m0/s1. The molecule has 0 unspecified atom stereocenters. The quantitative estimate of drug-likeness (QED) is 0.703. The molecule has 0 bridgehead atoms. The first-order chi connectivity index (χ1) is 10.7. The molecule has 1 rings (SSSR count). The number of ether oxygens (including phenoxy) is 2. The molecule has 0 aromatic heterocycles. The van der Waals surface area contributed by atoms with Gasteiger partial charge in [0.1, 0.15) is 0 Å². The number of rotatable bonds is 7. The number of nitrogens with one attached hydrogen (secondary N) is 1. The second-order valence-electron chi connectivity index (χ2n) is 7.24. The summed E-state index contributed by atoms with van der Waals surface area (Å²) in [7, 11) is 0. The Morgan fingerprint density at radius 2 is 1.96 bits per heavy atom. The van der Waals surface area contributed by atoms with Crippen molar-refractivity contribution in [3.63, 3.8) is 0 Å². The molecule has 5 nitrogen and oxygen atoms in total. The Hall–Kier alpha value is -0.910. The zero-order valence-corrected chi connectivity index (χ0v) is 15.5. The summed E-state index contributed by atoms with van der Waals surface area (Å²) in [6.07, 6.45) is 4.23. The van der Waals surface area contributed by atoms with Crippen molar-refractivity contribution in [2.45, 2.75) is 90.6 Å². The van der Waals surface area contributed by atoms with Crippen molar-refractivity contribution in [1.29, 1.82) is 0 Å². The molecule has 0 aromatic rings. The Bertz CT molecular complexity index is 411. The predicted octanol–water partition coefficient (Wildman–Crippen LogP) is 2.54. The second kappa shape index (κ2) is 8.81. The second-order valence-corrected chi connectivity index (χ2v) is 7.24. The van der Waals surface area contributed by atoms with Crippen molar-refractivity contribution in [3.8, 4) is 0 Å². The predicted molar refractivity (Wildman–Crippen MR) is 93.2 cm³/mol. The van der Waals surface area contributed by atoms with E-state index in [1.54, 1.807) is 0 Å². The maximum Gasteiger partial charge on any atom is 0.333 e. The van der Waals surface area contributed by atoms with Gasteiger partial charge in [-0.1, -0.05) is 13.8 Å². The fourth-order valence-corrected chi connectivity index (χ4v) is 2.89. The molecule has 3 N–H and O–H groups in total. The summed E-state index contributed by atoms with van der Waals surface area (Å²) in [6, 6.07) is -0.202. The molecule has 3 atom stereocenters. The molecule has 0 saturated heterocycles. The maximum atomic E-state index is 12.1. The van der Waals surface area contributed by atoms with E-state index in [-0.39, 0.29) is 35.8 Å². The summed E-state index contributed by atoms with van der Waals surface area (Å²) in [5.74, 6) is -0.282. The Kier molecular flexibility index (Phi) is 7.71. The molecule has 5 heteroatoms. The van der Waals surface area contributed by atoms with Gasteiger partial charge in [-0.25, -0.2) is 4.79 Å². The minimum absolute atomic E-state index is 0.0197. The lowest BCUT2D eigenvalue weighted by Crippen LogP contribution is -2.60. The summed E-state index contributed by atoms with van der Waals surface area (Å²) >= 11 is 0. The first kappa shape index (κ1) is 20.1. The van der Waals surface area contributed by atoms with Crippen LogP contribution in [-0.2, 0) is 14.3 Å². The van der Waals surface area contributed by atoms with Crippen molar-refractivity contribution in [1.82, 2.24) is 5.32 Å². The van der Waals surface area contributed by atoms with Crippen LogP contribution >= 0.6 is 0 Å². The van der Waals surface area contributed by atoms with Gasteiger partial charge in [0.2, 0.25) is 0 Å². The first-order valence-electron chi connectivity index (χ1n) is 8.78. The summed E-state index contributed by atoms with van der Waals surface area (Å²) in [6.45, 7) is 12.7. The SMILES string of the molecule is CCOC(=O)C1=C[C@@H](OC(CC)CC)[C@H](NC(C)(C)C)[C@@H](N)C1. The van der Waals surface area contributed by atoms with Crippen molar-refractivity contribution in [3.05, 3.63) is 11.6 Å². The zero-order chi connectivity index (χ0) is 17.6. The van der Waals surface area contributed by atoms with Crippen LogP contribution < -0.4 is 11.1 Å². The van der Waals surface area contributed by atoms with Crippen LogP contribution in [0.1, 0.15) is 60.8 Å². The third-order valence-corrected chi connectivity index (χ3v) is 4.03. The first-order valence-corrected chi connectivity index (χ1v) is 8.78. The van der Waals surface area contributed by atoms with E-state index in [4.69, 9.17) is 15.2 Å². The van der Waals surface area contributed by atoms with Crippen molar-refractivity contribution >= 4 is 5.97 Å². The average molecular weight is 326 g/mol. The number of esters is 1. The fraction of sp³-hybridized carbons (Fsp3) is 0.833. The van der Waals surface area contributed by atoms with E-state index in [2.05, 4.69) is 39.9 Å². The van der Waals surface area contributed by atoms with Crippen molar-refractivity contribution in [2.75, 3.05) is 6.61 Å². The van der Waals surface area contributed by atoms with E-state index in [0.717, 1.165) is 12.8 Å². The van der Waals surface area contributed by atoms with E-state index in [1.807, 2.05) is 13.0 Å². The normalized spacial score (nSPS) is 25.4. The van der Waals surface area contributed by atoms with Crippen molar-refractivity contribution in [2.24, 2.45) is 5.73 Å². The van der Waals surface area contributed by atoms with Gasteiger partial charge in [0.15, 0.2) is 0 Å². The smallest absolute Gasteiger partial charge is 0.333 e. The van der Waals surface area contributed by atoms with E-state index in [9.17, 15) is 4.79 Å². The summed E-state index contributed by atoms with van der Waals surface area (Å²) in [4.78, 5) is 12.1. The molecule has 0 fully saturated rings. The van der Waals surface area contributed by atoms with Crippen LogP contribution in [0.15, 0.2) is 11.6 Å². The molecule has 0 spiro atoms. The van der Waals surface area contributed by atoms with Crippen LogP contribution in [0.4, 0.5) is 0 Å². The van der Waals surface area contributed by atoms with Crippen LogP contribution in [-0.4, -0.2) is 42.4 Å². The van der Waals surface area contributed by atoms with E-state index in [0.29, 0.717) is 18.6 Å². The van der Waals surface area contributed by atoms with Crippen LogP contribution in [0.25, 0.3) is 0 Å². The molecule has 0 radical (unpaired) electrons. The topological polar surface area (TPSA) is 73.6 Å². The molecular formula is C18H34N2O3. The van der Waals surface area contributed by atoms with Gasteiger partial charge in [-0.3, -0.25) is 0 Å². The molecule has 0 heterocycles. The Labute approximate surface area is 141 Å². The van der Waals surface area contributed by atoms with E-state index < -0.39 is 0 Å². The molecule has 0 amide bonds. The van der Waals surface area contributed by atoms with Crippen LogP contribution in [0.2, 0.25) is 0 Å². The van der Waals surface area contributed by atoms with Crippen molar-refractivity contribution < 1.29 is 14.3 Å². The molecule has 1 aliphatic rings. The van der Waals surface area contributed by atoms with Gasteiger partial charge in [0.05, 0.1) is 24.9 Å². The highest BCUT2D eigenvalue weighted by Crippen LogP contribution is 2.25. The van der Waals surface area contributed by atoms with Gasteiger partial charge in [-0.2, -0.15) is 0 Å². The number of hydrogen-bond acceptors (Lipinski definition) is 5.